The Morgan fingerprint density at radius 2 is 2.00 bits per heavy atom. The van der Waals surface area contributed by atoms with E-state index in [9.17, 15) is 4.79 Å². The molecule has 0 aliphatic rings. The third kappa shape index (κ3) is 2.75. The third-order valence-electron chi connectivity index (χ3n) is 3.59. The highest BCUT2D eigenvalue weighted by Crippen LogP contribution is 2.27. The first kappa shape index (κ1) is 15.0. The van der Waals surface area contributed by atoms with Gasteiger partial charge in [0.25, 0.3) is 11.6 Å². The molecule has 0 fully saturated rings. The van der Waals surface area contributed by atoms with E-state index in [-0.39, 0.29) is 5.91 Å². The largest absolute Gasteiger partial charge is 0.495 e. The summed E-state index contributed by atoms with van der Waals surface area (Å²) < 4.78 is 10.5. The summed E-state index contributed by atoms with van der Waals surface area (Å²) in [6, 6.07) is 7.34. The first-order chi connectivity index (χ1) is 11.0. The maximum Gasteiger partial charge on any atom is 0.258 e. The molecule has 2 aromatic heterocycles. The monoisotopic (exact) mass is 311 g/mol. The normalized spacial score (nSPS) is 10.8. The molecular formula is C17H17N3O3. The van der Waals surface area contributed by atoms with Crippen molar-refractivity contribution >= 4 is 22.7 Å². The van der Waals surface area contributed by atoms with Crippen LogP contribution in [0.5, 0.6) is 5.75 Å². The van der Waals surface area contributed by atoms with Gasteiger partial charge in [-0.25, -0.2) is 4.98 Å². The SMILES string of the molecule is COc1ccc(C)cc1NC(=O)c1cc(C)nc2onc(C)c12. The summed E-state index contributed by atoms with van der Waals surface area (Å²) in [6.07, 6.45) is 0. The van der Waals surface area contributed by atoms with Gasteiger partial charge in [0, 0.05) is 5.69 Å². The number of pyridine rings is 1. The van der Waals surface area contributed by atoms with Crippen LogP contribution in [0.1, 0.15) is 27.3 Å². The second kappa shape index (κ2) is 5.72. The fourth-order valence-corrected chi connectivity index (χ4v) is 2.51. The van der Waals surface area contributed by atoms with Gasteiger partial charge in [-0.2, -0.15) is 0 Å². The van der Waals surface area contributed by atoms with Gasteiger partial charge in [-0.1, -0.05) is 11.2 Å². The van der Waals surface area contributed by atoms with E-state index in [0.717, 1.165) is 5.56 Å². The fourth-order valence-electron chi connectivity index (χ4n) is 2.51. The number of fused-ring (bicyclic) bond motifs is 1. The Bertz CT molecular complexity index is 899. The number of anilines is 1. The molecule has 0 saturated carbocycles. The molecule has 3 aromatic rings. The van der Waals surface area contributed by atoms with Gasteiger partial charge in [-0.15, -0.1) is 0 Å². The zero-order chi connectivity index (χ0) is 16.6. The quantitative estimate of drug-likeness (QED) is 0.802. The van der Waals surface area contributed by atoms with Gasteiger partial charge in [0.2, 0.25) is 0 Å². The number of amides is 1. The number of nitrogens with zero attached hydrogens (tertiary/aromatic N) is 2. The van der Waals surface area contributed by atoms with E-state index < -0.39 is 0 Å². The topological polar surface area (TPSA) is 77.2 Å². The van der Waals surface area contributed by atoms with Crippen LogP contribution in [-0.4, -0.2) is 23.2 Å². The Morgan fingerprint density at radius 3 is 2.74 bits per heavy atom. The van der Waals surface area contributed by atoms with Crippen LogP contribution in [0.4, 0.5) is 5.69 Å². The fraction of sp³-hybridized carbons (Fsp3) is 0.235. The number of methoxy groups -OCH3 is 1. The number of nitrogens with one attached hydrogen (secondary N) is 1. The average molecular weight is 311 g/mol. The molecule has 23 heavy (non-hydrogen) atoms. The van der Waals surface area contributed by atoms with Crippen molar-refractivity contribution in [3.63, 3.8) is 0 Å². The first-order valence-electron chi connectivity index (χ1n) is 7.19. The molecule has 1 aromatic carbocycles. The maximum atomic E-state index is 12.7. The molecular weight excluding hydrogens is 294 g/mol. The van der Waals surface area contributed by atoms with Gasteiger partial charge < -0.3 is 14.6 Å². The standard InChI is InChI=1S/C17H17N3O3/c1-9-5-6-14(22-4)13(7-9)19-16(21)12-8-10(2)18-17-15(12)11(3)20-23-17/h5-8H,1-4H3,(H,19,21). The molecule has 3 rings (SSSR count). The molecule has 6 nitrogen and oxygen atoms in total. The van der Waals surface area contributed by atoms with Crippen molar-refractivity contribution in [3.05, 3.63) is 46.8 Å². The molecule has 2 heterocycles. The first-order valence-corrected chi connectivity index (χ1v) is 7.19. The van der Waals surface area contributed by atoms with Crippen LogP contribution in [0.3, 0.4) is 0 Å². The van der Waals surface area contributed by atoms with Crippen molar-refractivity contribution < 1.29 is 14.1 Å². The Kier molecular flexibility index (Phi) is 3.73. The highest BCUT2D eigenvalue weighted by atomic mass is 16.5. The Labute approximate surface area is 133 Å². The Hall–Kier alpha value is -2.89. The number of carbonyl (C=O) groups is 1. The van der Waals surface area contributed by atoms with Gasteiger partial charge in [0.15, 0.2) is 0 Å². The molecule has 0 saturated heterocycles. The van der Waals surface area contributed by atoms with Crippen LogP contribution >= 0.6 is 0 Å². The van der Waals surface area contributed by atoms with Crippen molar-refractivity contribution in [2.45, 2.75) is 20.8 Å². The third-order valence-corrected chi connectivity index (χ3v) is 3.59. The van der Waals surface area contributed by atoms with Crippen molar-refractivity contribution in [3.8, 4) is 5.75 Å². The summed E-state index contributed by atoms with van der Waals surface area (Å²) in [6.45, 7) is 5.54. The van der Waals surface area contributed by atoms with Gasteiger partial charge in [0.1, 0.15) is 5.75 Å². The van der Waals surface area contributed by atoms with E-state index in [0.29, 0.717) is 39.5 Å². The summed E-state index contributed by atoms with van der Waals surface area (Å²) in [5.74, 6) is 0.351. The minimum Gasteiger partial charge on any atom is -0.495 e. The molecule has 0 aliphatic carbocycles. The van der Waals surface area contributed by atoms with Crippen LogP contribution < -0.4 is 10.1 Å². The number of aromatic nitrogens is 2. The molecule has 0 radical (unpaired) electrons. The van der Waals surface area contributed by atoms with Crippen molar-refractivity contribution in [2.75, 3.05) is 12.4 Å². The second-order valence-electron chi connectivity index (χ2n) is 5.42. The molecule has 6 heteroatoms. The number of hydrogen-bond donors (Lipinski definition) is 1. The van der Waals surface area contributed by atoms with Crippen molar-refractivity contribution in [2.24, 2.45) is 0 Å². The highest BCUT2D eigenvalue weighted by molar-refractivity contribution is 6.12. The van der Waals surface area contributed by atoms with Crippen LogP contribution in [0, 0.1) is 20.8 Å². The highest BCUT2D eigenvalue weighted by Gasteiger charge is 2.19. The van der Waals surface area contributed by atoms with E-state index >= 15 is 0 Å². The smallest absolute Gasteiger partial charge is 0.258 e. The second-order valence-corrected chi connectivity index (χ2v) is 5.42. The Morgan fingerprint density at radius 1 is 1.22 bits per heavy atom. The molecule has 1 amide bonds. The van der Waals surface area contributed by atoms with Crippen molar-refractivity contribution in [1.82, 2.24) is 10.1 Å². The number of rotatable bonds is 3. The number of benzene rings is 1. The van der Waals surface area contributed by atoms with Crippen LogP contribution in [0.15, 0.2) is 28.8 Å². The summed E-state index contributed by atoms with van der Waals surface area (Å²) in [5, 5.41) is 7.41. The summed E-state index contributed by atoms with van der Waals surface area (Å²) >= 11 is 0. The van der Waals surface area contributed by atoms with Gasteiger partial charge in [-0.3, -0.25) is 4.79 Å². The van der Waals surface area contributed by atoms with Gasteiger partial charge in [0.05, 0.1) is 29.4 Å². The number of hydrogen-bond acceptors (Lipinski definition) is 5. The minimum absolute atomic E-state index is 0.254. The molecule has 1 N–H and O–H groups in total. The molecule has 0 spiro atoms. The molecule has 0 aliphatic heterocycles. The lowest BCUT2D eigenvalue weighted by molar-refractivity contribution is 0.102. The lowest BCUT2D eigenvalue weighted by atomic mass is 10.1. The number of ether oxygens (including phenoxy) is 1. The predicted molar refractivity (Wildman–Crippen MR) is 87.0 cm³/mol. The predicted octanol–water partition coefficient (Wildman–Crippen LogP) is 3.41. The summed E-state index contributed by atoms with van der Waals surface area (Å²) in [5.41, 5.74) is 3.81. The lowest BCUT2D eigenvalue weighted by Gasteiger charge is -2.11. The zero-order valence-corrected chi connectivity index (χ0v) is 13.4. The van der Waals surface area contributed by atoms with Crippen LogP contribution in [0.25, 0.3) is 11.1 Å². The number of carbonyl (C=O) groups excluding carboxylic acids is 1. The van der Waals surface area contributed by atoms with E-state index in [1.54, 1.807) is 27.0 Å². The zero-order valence-electron chi connectivity index (χ0n) is 13.4. The molecule has 0 unspecified atom stereocenters. The van der Waals surface area contributed by atoms with Gasteiger partial charge >= 0.3 is 0 Å². The lowest BCUT2D eigenvalue weighted by Crippen LogP contribution is -2.14. The van der Waals surface area contributed by atoms with Gasteiger partial charge in [-0.05, 0) is 44.5 Å². The van der Waals surface area contributed by atoms with Crippen LogP contribution in [-0.2, 0) is 0 Å². The maximum absolute atomic E-state index is 12.7. The van der Waals surface area contributed by atoms with E-state index in [1.165, 1.54) is 0 Å². The molecule has 118 valence electrons. The van der Waals surface area contributed by atoms with Crippen molar-refractivity contribution in [1.29, 1.82) is 0 Å². The Balaban J connectivity index is 2.05. The summed E-state index contributed by atoms with van der Waals surface area (Å²) in [7, 11) is 1.57. The van der Waals surface area contributed by atoms with E-state index in [2.05, 4.69) is 15.5 Å². The van der Waals surface area contributed by atoms with E-state index in [4.69, 9.17) is 9.26 Å². The number of aryl methyl sites for hydroxylation is 3. The van der Waals surface area contributed by atoms with Crippen LogP contribution in [0.2, 0.25) is 0 Å². The molecule has 0 bridgehead atoms. The molecule has 0 atom stereocenters. The van der Waals surface area contributed by atoms with E-state index in [1.807, 2.05) is 25.1 Å². The average Bonchev–Trinajstić information content (AvgIpc) is 2.88. The minimum atomic E-state index is -0.254. The summed E-state index contributed by atoms with van der Waals surface area (Å²) in [4.78, 5) is 17.0.